The fourth-order valence-electron chi connectivity index (χ4n) is 1.79. The van der Waals surface area contributed by atoms with Crippen LogP contribution in [0.1, 0.15) is 39.5 Å². The summed E-state index contributed by atoms with van der Waals surface area (Å²) in [6.45, 7) is 4.10. The summed E-state index contributed by atoms with van der Waals surface area (Å²) in [6.07, 6.45) is -2.82. The molecule has 1 N–H and O–H groups in total. The van der Waals surface area contributed by atoms with E-state index in [4.69, 9.17) is 0 Å². The molecule has 0 aromatic carbocycles. The summed E-state index contributed by atoms with van der Waals surface area (Å²) in [5, 5.41) is 3.40. The first-order valence-electron chi connectivity index (χ1n) is 5.33. The molecule has 0 aliphatic carbocycles. The molecule has 0 bridgehead atoms. The van der Waals surface area contributed by atoms with Crippen LogP contribution < -0.4 is 5.32 Å². The van der Waals surface area contributed by atoms with Crippen LogP contribution in [0.3, 0.4) is 0 Å². The Labute approximate surface area is 93.2 Å². The van der Waals surface area contributed by atoms with E-state index in [0.717, 1.165) is 12.2 Å². The van der Waals surface area contributed by atoms with Crippen molar-refractivity contribution in [1.82, 2.24) is 5.32 Å². The summed E-state index contributed by atoms with van der Waals surface area (Å²) in [4.78, 5) is -0.147. The molecule has 0 saturated carbocycles. The maximum Gasteiger partial charge on any atom is 0.389 e. The molecule has 0 spiro atoms. The van der Waals surface area contributed by atoms with Crippen LogP contribution in [0, 0.1) is 0 Å². The Kier molecular flexibility index (Phi) is 4.35. The van der Waals surface area contributed by atoms with Crippen LogP contribution in [0.15, 0.2) is 0 Å². The van der Waals surface area contributed by atoms with Gasteiger partial charge >= 0.3 is 6.18 Å². The van der Waals surface area contributed by atoms with Gasteiger partial charge in [-0.2, -0.15) is 13.2 Å². The zero-order chi connectivity index (χ0) is 11.5. The number of alkyl halides is 3. The van der Waals surface area contributed by atoms with Crippen LogP contribution in [0.5, 0.6) is 0 Å². The monoisotopic (exact) mass is 241 g/mol. The minimum absolute atomic E-state index is 0.147. The Balaban J connectivity index is 2.26. The zero-order valence-corrected chi connectivity index (χ0v) is 9.97. The van der Waals surface area contributed by atoms with Crippen LogP contribution in [-0.4, -0.2) is 22.8 Å². The first kappa shape index (κ1) is 13.2. The molecule has 0 radical (unpaired) electrons. The topological polar surface area (TPSA) is 12.0 Å². The highest BCUT2D eigenvalue weighted by molar-refractivity contribution is 8.00. The van der Waals surface area contributed by atoms with Crippen molar-refractivity contribution in [2.24, 2.45) is 0 Å². The minimum Gasteiger partial charge on any atom is -0.299 e. The normalized spacial score (nSPS) is 32.2. The first-order chi connectivity index (χ1) is 6.85. The molecule has 0 aromatic heterocycles. The van der Waals surface area contributed by atoms with E-state index in [1.807, 2.05) is 6.92 Å². The quantitative estimate of drug-likeness (QED) is 0.807. The van der Waals surface area contributed by atoms with Gasteiger partial charge in [0.05, 0.1) is 4.87 Å². The van der Waals surface area contributed by atoms with Gasteiger partial charge in [0.2, 0.25) is 0 Å². The van der Waals surface area contributed by atoms with Gasteiger partial charge in [-0.15, -0.1) is 11.8 Å². The van der Waals surface area contributed by atoms with Crippen molar-refractivity contribution in [2.45, 2.75) is 56.6 Å². The number of hydrogen-bond acceptors (Lipinski definition) is 2. The van der Waals surface area contributed by atoms with Gasteiger partial charge in [-0.05, 0) is 26.2 Å². The van der Waals surface area contributed by atoms with Gasteiger partial charge < -0.3 is 0 Å². The molecular weight excluding hydrogens is 223 g/mol. The smallest absolute Gasteiger partial charge is 0.299 e. The molecule has 0 amide bonds. The van der Waals surface area contributed by atoms with E-state index in [2.05, 4.69) is 12.2 Å². The lowest BCUT2D eigenvalue weighted by atomic mass is 10.1. The molecule has 1 heterocycles. The van der Waals surface area contributed by atoms with Crippen molar-refractivity contribution >= 4 is 11.8 Å². The van der Waals surface area contributed by atoms with Crippen LogP contribution in [0.25, 0.3) is 0 Å². The second kappa shape index (κ2) is 4.95. The van der Waals surface area contributed by atoms with E-state index in [1.165, 1.54) is 0 Å². The summed E-state index contributed by atoms with van der Waals surface area (Å²) >= 11 is 1.75. The molecule has 1 aliphatic rings. The summed E-state index contributed by atoms with van der Waals surface area (Å²) in [5.41, 5.74) is 0. The van der Waals surface area contributed by atoms with E-state index >= 15 is 0 Å². The van der Waals surface area contributed by atoms with E-state index in [-0.39, 0.29) is 11.3 Å². The molecule has 5 heteroatoms. The molecule has 1 fully saturated rings. The summed E-state index contributed by atoms with van der Waals surface area (Å²) in [5.74, 6) is 1.01. The van der Waals surface area contributed by atoms with Crippen LogP contribution in [-0.2, 0) is 0 Å². The van der Waals surface area contributed by atoms with Gasteiger partial charge in [0, 0.05) is 18.2 Å². The van der Waals surface area contributed by atoms with E-state index in [0.29, 0.717) is 12.5 Å². The van der Waals surface area contributed by atoms with Gasteiger partial charge in [-0.3, -0.25) is 5.32 Å². The van der Waals surface area contributed by atoms with E-state index in [1.54, 1.807) is 11.8 Å². The lowest BCUT2D eigenvalue weighted by Crippen LogP contribution is -2.39. The molecule has 0 aromatic rings. The molecule has 2 unspecified atom stereocenters. The Bertz CT molecular complexity index is 207. The molecule has 2 atom stereocenters. The molecule has 1 rings (SSSR count). The maximum atomic E-state index is 12.0. The van der Waals surface area contributed by atoms with Crippen LogP contribution in [0.2, 0.25) is 0 Å². The zero-order valence-electron chi connectivity index (χ0n) is 9.16. The standard InChI is InChI=1S/C10H18F3NS/c1-3-8-7-15-9(2,14-8)5-4-6-10(11,12)13/h8,14H,3-7H2,1-2H3. The molecule has 1 nitrogen and oxygen atoms in total. The van der Waals surface area contributed by atoms with Gasteiger partial charge in [-0.1, -0.05) is 6.92 Å². The largest absolute Gasteiger partial charge is 0.389 e. The number of thioether (sulfide) groups is 1. The van der Waals surface area contributed by atoms with Crippen molar-refractivity contribution in [3.05, 3.63) is 0 Å². The lowest BCUT2D eigenvalue weighted by molar-refractivity contribution is -0.135. The SMILES string of the molecule is CCC1CSC(C)(CCCC(F)(F)F)N1. The third-order valence-electron chi connectivity index (χ3n) is 2.72. The Morgan fingerprint density at radius 3 is 2.60 bits per heavy atom. The fraction of sp³-hybridized carbons (Fsp3) is 1.00. The Morgan fingerprint density at radius 2 is 2.13 bits per heavy atom. The second-order valence-corrected chi connectivity index (χ2v) is 5.78. The summed E-state index contributed by atoms with van der Waals surface area (Å²) in [7, 11) is 0. The van der Waals surface area contributed by atoms with Gasteiger partial charge in [0.1, 0.15) is 0 Å². The number of nitrogens with one attached hydrogen (secondary N) is 1. The second-order valence-electron chi connectivity index (χ2n) is 4.26. The van der Waals surface area contributed by atoms with Crippen molar-refractivity contribution in [2.75, 3.05) is 5.75 Å². The first-order valence-corrected chi connectivity index (χ1v) is 6.31. The van der Waals surface area contributed by atoms with Crippen molar-refractivity contribution in [3.63, 3.8) is 0 Å². The number of hydrogen-bond donors (Lipinski definition) is 1. The van der Waals surface area contributed by atoms with E-state index in [9.17, 15) is 13.2 Å². The molecule has 90 valence electrons. The fourth-order valence-corrected chi connectivity index (χ4v) is 3.22. The average Bonchev–Trinajstić information content (AvgIpc) is 2.45. The molecular formula is C10H18F3NS. The molecule has 1 saturated heterocycles. The molecule has 15 heavy (non-hydrogen) atoms. The van der Waals surface area contributed by atoms with Gasteiger partial charge in [0.25, 0.3) is 0 Å². The predicted molar refractivity (Wildman–Crippen MR) is 58.0 cm³/mol. The van der Waals surface area contributed by atoms with E-state index < -0.39 is 12.6 Å². The lowest BCUT2D eigenvalue weighted by Gasteiger charge is -2.24. The highest BCUT2D eigenvalue weighted by Gasteiger charge is 2.35. The highest BCUT2D eigenvalue weighted by atomic mass is 32.2. The van der Waals surface area contributed by atoms with Gasteiger partial charge in [-0.25, -0.2) is 0 Å². The van der Waals surface area contributed by atoms with Gasteiger partial charge in [0.15, 0.2) is 0 Å². The Morgan fingerprint density at radius 1 is 1.47 bits per heavy atom. The average molecular weight is 241 g/mol. The van der Waals surface area contributed by atoms with Crippen molar-refractivity contribution in [1.29, 1.82) is 0 Å². The number of rotatable bonds is 4. The third kappa shape index (κ3) is 4.64. The van der Waals surface area contributed by atoms with Crippen molar-refractivity contribution < 1.29 is 13.2 Å². The number of halogens is 3. The Hall–Kier alpha value is 0.1000. The predicted octanol–water partition coefficient (Wildman–Crippen LogP) is 3.55. The summed E-state index contributed by atoms with van der Waals surface area (Å²) < 4.78 is 35.9. The van der Waals surface area contributed by atoms with Crippen molar-refractivity contribution in [3.8, 4) is 0 Å². The van der Waals surface area contributed by atoms with Crippen LogP contribution >= 0.6 is 11.8 Å². The summed E-state index contributed by atoms with van der Waals surface area (Å²) in [6, 6.07) is 0.464. The molecule has 1 aliphatic heterocycles. The third-order valence-corrected chi connectivity index (χ3v) is 4.25. The van der Waals surface area contributed by atoms with Crippen LogP contribution in [0.4, 0.5) is 13.2 Å². The minimum atomic E-state index is -4.01. The maximum absolute atomic E-state index is 12.0. The highest BCUT2D eigenvalue weighted by Crippen LogP contribution is 2.36.